The van der Waals surface area contributed by atoms with Crippen molar-refractivity contribution in [3.63, 3.8) is 0 Å². The lowest BCUT2D eigenvalue weighted by molar-refractivity contribution is 0.586. The van der Waals surface area contributed by atoms with Crippen LogP contribution in [-0.2, 0) is 0 Å². The van der Waals surface area contributed by atoms with Crippen LogP contribution in [0.1, 0.15) is 19.9 Å². The number of thioether (sulfide) groups is 1. The van der Waals surface area contributed by atoms with Crippen LogP contribution in [0.5, 0.6) is 0 Å². The Morgan fingerprint density at radius 2 is 2.17 bits per heavy atom. The van der Waals surface area contributed by atoms with Crippen LogP contribution in [0, 0.1) is 16.4 Å². The van der Waals surface area contributed by atoms with Crippen molar-refractivity contribution in [3.05, 3.63) is 28.5 Å². The Morgan fingerprint density at radius 3 is 2.83 bits per heavy atom. The molecule has 0 aliphatic carbocycles. The number of rotatable bonds is 4. The molecule has 0 saturated heterocycles. The van der Waals surface area contributed by atoms with Crippen molar-refractivity contribution in [2.45, 2.75) is 19.9 Å². The molecule has 1 aromatic heterocycles. The Labute approximate surface area is 113 Å². The molecule has 0 aliphatic rings. The number of nitrogens with one attached hydrogen (secondary N) is 1. The van der Waals surface area contributed by atoms with Gasteiger partial charge in [-0.2, -0.15) is 11.8 Å². The van der Waals surface area contributed by atoms with E-state index in [-0.39, 0.29) is 11.6 Å². The van der Waals surface area contributed by atoms with Crippen LogP contribution in [0.4, 0.5) is 8.78 Å². The van der Waals surface area contributed by atoms with Gasteiger partial charge in [-0.3, -0.25) is 0 Å². The zero-order chi connectivity index (χ0) is 13.3. The van der Waals surface area contributed by atoms with E-state index in [0.717, 1.165) is 17.6 Å². The fraction of sp³-hybridized carbons (Fsp3) is 0.417. The Balaban J connectivity index is 2.56. The lowest BCUT2D eigenvalue weighted by Gasteiger charge is -2.13. The topological polar surface area (TPSA) is 20.7 Å². The van der Waals surface area contributed by atoms with E-state index in [9.17, 15) is 8.78 Å². The maximum Gasteiger partial charge on any atom is 0.178 e. The van der Waals surface area contributed by atoms with Crippen LogP contribution >= 0.6 is 24.0 Å². The minimum Gasteiger partial charge on any atom is -0.328 e. The average Bonchev–Trinajstić information content (AvgIpc) is 2.63. The fourth-order valence-corrected chi connectivity index (χ4v) is 3.06. The molecule has 1 atom stereocenters. The van der Waals surface area contributed by atoms with Gasteiger partial charge in [0.1, 0.15) is 11.3 Å². The van der Waals surface area contributed by atoms with E-state index in [0.29, 0.717) is 10.3 Å². The predicted octanol–water partition coefficient (Wildman–Crippen LogP) is 4.29. The number of hydrogen-bond donors (Lipinski definition) is 1. The van der Waals surface area contributed by atoms with Crippen LogP contribution < -0.4 is 0 Å². The Kier molecular flexibility index (Phi) is 4.07. The van der Waals surface area contributed by atoms with Crippen LogP contribution in [0.3, 0.4) is 0 Å². The van der Waals surface area contributed by atoms with E-state index < -0.39 is 11.6 Å². The molecule has 0 fully saturated rings. The molecular formula is C12H14F2N2S2. The summed E-state index contributed by atoms with van der Waals surface area (Å²) in [6.45, 7) is 4.07. The summed E-state index contributed by atoms with van der Waals surface area (Å²) in [5.41, 5.74) is 0.761. The maximum atomic E-state index is 13.6. The van der Waals surface area contributed by atoms with Crippen LogP contribution in [0.2, 0.25) is 0 Å². The summed E-state index contributed by atoms with van der Waals surface area (Å²) in [5, 5.41) is 0. The number of aromatic nitrogens is 2. The number of H-pyrrole nitrogens is 1. The summed E-state index contributed by atoms with van der Waals surface area (Å²) in [6.07, 6.45) is 0. The van der Waals surface area contributed by atoms with Gasteiger partial charge in [-0.05, 0) is 31.0 Å². The summed E-state index contributed by atoms with van der Waals surface area (Å²) in [7, 11) is 0. The first-order valence-corrected chi connectivity index (χ1v) is 7.28. The number of hydrogen-bond acceptors (Lipinski definition) is 2. The second-order valence-electron chi connectivity index (χ2n) is 4.09. The van der Waals surface area contributed by atoms with E-state index in [1.54, 1.807) is 16.3 Å². The third-order valence-electron chi connectivity index (χ3n) is 2.75. The predicted molar refractivity (Wildman–Crippen MR) is 74.7 cm³/mol. The molecule has 1 N–H and O–H groups in total. The fourth-order valence-electron chi connectivity index (χ4n) is 1.95. The monoisotopic (exact) mass is 288 g/mol. The highest BCUT2D eigenvalue weighted by atomic mass is 32.2. The third kappa shape index (κ3) is 2.44. The van der Waals surface area contributed by atoms with Gasteiger partial charge in [-0.25, -0.2) is 8.78 Å². The number of imidazole rings is 1. The molecule has 0 saturated carbocycles. The summed E-state index contributed by atoms with van der Waals surface area (Å²) in [4.78, 5) is 2.81. The maximum absolute atomic E-state index is 13.6. The van der Waals surface area contributed by atoms with E-state index in [2.05, 4.69) is 11.9 Å². The molecule has 1 aromatic carbocycles. The van der Waals surface area contributed by atoms with Crippen LogP contribution in [0.15, 0.2) is 12.1 Å². The summed E-state index contributed by atoms with van der Waals surface area (Å²) in [6, 6.07) is 2.28. The summed E-state index contributed by atoms with van der Waals surface area (Å²) >= 11 is 6.96. The average molecular weight is 288 g/mol. The van der Waals surface area contributed by atoms with E-state index in [4.69, 9.17) is 12.2 Å². The first kappa shape index (κ1) is 13.5. The number of benzene rings is 1. The minimum atomic E-state index is -0.606. The van der Waals surface area contributed by atoms with E-state index in [1.807, 2.05) is 6.92 Å². The van der Waals surface area contributed by atoms with Gasteiger partial charge in [0.2, 0.25) is 0 Å². The SMILES string of the molecule is CCSCC(C)n1c(=S)[nH]c2c(F)cc(F)cc21. The number of aromatic amines is 1. The van der Waals surface area contributed by atoms with Gasteiger partial charge in [0, 0.05) is 17.9 Å². The largest absolute Gasteiger partial charge is 0.328 e. The van der Waals surface area contributed by atoms with Gasteiger partial charge in [-0.1, -0.05) is 6.92 Å². The van der Waals surface area contributed by atoms with Crippen LogP contribution in [-0.4, -0.2) is 21.1 Å². The standard InChI is InChI=1S/C12H14F2N2S2/c1-3-18-6-7(2)16-10-5-8(13)4-9(14)11(10)15-12(16)17/h4-5,7H,3,6H2,1-2H3,(H,15,17). The highest BCUT2D eigenvalue weighted by Crippen LogP contribution is 2.24. The highest BCUT2D eigenvalue weighted by Gasteiger charge is 2.14. The van der Waals surface area contributed by atoms with Crippen molar-refractivity contribution in [2.24, 2.45) is 0 Å². The molecule has 98 valence electrons. The molecule has 2 nitrogen and oxygen atoms in total. The molecule has 0 amide bonds. The van der Waals surface area contributed by atoms with Crippen molar-refractivity contribution in [1.29, 1.82) is 0 Å². The Bertz CT molecular complexity index is 618. The van der Waals surface area contributed by atoms with E-state index >= 15 is 0 Å². The molecule has 0 bridgehead atoms. The van der Waals surface area contributed by atoms with Crippen molar-refractivity contribution >= 4 is 35.0 Å². The van der Waals surface area contributed by atoms with Crippen molar-refractivity contribution in [2.75, 3.05) is 11.5 Å². The number of fused-ring (bicyclic) bond motifs is 1. The van der Waals surface area contributed by atoms with Gasteiger partial charge in [0.05, 0.1) is 5.52 Å². The van der Waals surface area contributed by atoms with E-state index in [1.165, 1.54) is 6.07 Å². The molecule has 18 heavy (non-hydrogen) atoms. The first-order chi connectivity index (χ1) is 8.54. The van der Waals surface area contributed by atoms with Gasteiger partial charge >= 0.3 is 0 Å². The molecule has 0 aliphatic heterocycles. The smallest absolute Gasteiger partial charge is 0.178 e. The minimum absolute atomic E-state index is 0.0948. The molecule has 0 spiro atoms. The van der Waals surface area contributed by atoms with Crippen LogP contribution in [0.25, 0.3) is 11.0 Å². The van der Waals surface area contributed by atoms with Crippen molar-refractivity contribution in [3.8, 4) is 0 Å². The molecule has 0 radical (unpaired) electrons. The molecular weight excluding hydrogens is 274 g/mol. The molecule has 2 aromatic rings. The zero-order valence-electron chi connectivity index (χ0n) is 10.2. The Morgan fingerprint density at radius 1 is 1.44 bits per heavy atom. The zero-order valence-corrected chi connectivity index (χ0v) is 11.8. The van der Waals surface area contributed by atoms with Gasteiger partial charge in [-0.15, -0.1) is 0 Å². The van der Waals surface area contributed by atoms with Gasteiger partial charge in [0.25, 0.3) is 0 Å². The van der Waals surface area contributed by atoms with Gasteiger partial charge in [0.15, 0.2) is 10.6 Å². The van der Waals surface area contributed by atoms with Gasteiger partial charge < -0.3 is 9.55 Å². The summed E-state index contributed by atoms with van der Waals surface area (Å²) < 4.78 is 29.1. The quantitative estimate of drug-likeness (QED) is 0.847. The first-order valence-electron chi connectivity index (χ1n) is 5.71. The lowest BCUT2D eigenvalue weighted by atomic mass is 10.2. The third-order valence-corrected chi connectivity index (χ3v) is 4.17. The normalized spacial score (nSPS) is 13.1. The Hall–Kier alpha value is -0.880. The molecule has 2 rings (SSSR count). The summed E-state index contributed by atoms with van der Waals surface area (Å²) in [5.74, 6) is 0.668. The van der Waals surface area contributed by atoms with Crippen molar-refractivity contribution < 1.29 is 8.78 Å². The second kappa shape index (κ2) is 5.40. The lowest BCUT2D eigenvalue weighted by Crippen LogP contribution is -2.08. The molecule has 1 unspecified atom stereocenters. The number of nitrogens with zero attached hydrogens (tertiary/aromatic N) is 1. The molecule has 6 heteroatoms. The second-order valence-corrected chi connectivity index (χ2v) is 5.80. The number of halogens is 2. The molecule has 1 heterocycles. The van der Waals surface area contributed by atoms with Crippen molar-refractivity contribution in [1.82, 2.24) is 9.55 Å². The highest BCUT2D eigenvalue weighted by molar-refractivity contribution is 7.99.